The van der Waals surface area contributed by atoms with E-state index in [9.17, 15) is 18.0 Å². The molecule has 0 radical (unpaired) electrons. The van der Waals surface area contributed by atoms with Crippen LogP contribution in [0.3, 0.4) is 0 Å². The molecular formula is C16H19ClF3N5O. The molecule has 10 heteroatoms. The van der Waals surface area contributed by atoms with Crippen molar-refractivity contribution < 1.29 is 18.0 Å². The molecule has 3 rings (SSSR count). The van der Waals surface area contributed by atoms with Crippen LogP contribution in [-0.4, -0.2) is 40.2 Å². The quantitative estimate of drug-likeness (QED) is 0.843. The summed E-state index contributed by atoms with van der Waals surface area (Å²) in [6, 6.07) is 5.89. The summed E-state index contributed by atoms with van der Waals surface area (Å²) in [7, 11) is 0. The molecule has 0 atom stereocenters. The zero-order valence-corrected chi connectivity index (χ0v) is 14.6. The lowest BCUT2D eigenvalue weighted by Crippen LogP contribution is -2.29. The number of hydrogen-bond donors (Lipinski definition) is 2. The molecule has 1 aromatic carbocycles. The van der Waals surface area contributed by atoms with E-state index in [2.05, 4.69) is 20.9 Å². The van der Waals surface area contributed by atoms with Crippen LogP contribution in [0.15, 0.2) is 30.5 Å². The Balaban J connectivity index is 0.00000243. The van der Waals surface area contributed by atoms with E-state index in [0.29, 0.717) is 5.69 Å². The van der Waals surface area contributed by atoms with Gasteiger partial charge in [-0.25, -0.2) is 4.68 Å². The van der Waals surface area contributed by atoms with Crippen molar-refractivity contribution in [3.8, 4) is 0 Å². The van der Waals surface area contributed by atoms with Gasteiger partial charge in [0.05, 0.1) is 18.7 Å². The molecular weight excluding hydrogens is 371 g/mol. The smallest absolute Gasteiger partial charge is 0.321 e. The highest BCUT2D eigenvalue weighted by atomic mass is 35.5. The van der Waals surface area contributed by atoms with Crippen molar-refractivity contribution in [1.82, 2.24) is 20.3 Å². The molecule has 26 heavy (non-hydrogen) atoms. The van der Waals surface area contributed by atoms with Gasteiger partial charge in [-0.1, -0.05) is 17.3 Å². The van der Waals surface area contributed by atoms with Crippen molar-refractivity contribution >= 4 is 24.0 Å². The van der Waals surface area contributed by atoms with Crippen LogP contribution in [0.5, 0.6) is 0 Å². The Labute approximate surface area is 154 Å². The summed E-state index contributed by atoms with van der Waals surface area (Å²) in [4.78, 5) is 12.2. The predicted molar refractivity (Wildman–Crippen MR) is 92.6 cm³/mol. The van der Waals surface area contributed by atoms with Gasteiger partial charge in [0.15, 0.2) is 5.69 Å². The molecule has 1 aliphatic rings. The standard InChI is InChI=1S/C16H18F3N5O.ClH/c17-16(18,19)9-11-2-1-3-12(8-11)21-15(25)14-10-24(23-22-14)13-4-6-20-7-5-13;/h1-3,8,10,13,20H,4-7,9H2,(H,21,25);1H. The lowest BCUT2D eigenvalue weighted by Gasteiger charge is -2.22. The van der Waals surface area contributed by atoms with E-state index in [4.69, 9.17) is 0 Å². The lowest BCUT2D eigenvalue weighted by atomic mass is 10.1. The molecule has 0 bridgehead atoms. The number of hydrogen-bond acceptors (Lipinski definition) is 4. The minimum Gasteiger partial charge on any atom is -0.321 e. The highest BCUT2D eigenvalue weighted by Crippen LogP contribution is 2.23. The van der Waals surface area contributed by atoms with Crippen molar-refractivity contribution in [3.63, 3.8) is 0 Å². The lowest BCUT2D eigenvalue weighted by molar-refractivity contribution is -0.127. The van der Waals surface area contributed by atoms with Gasteiger partial charge in [-0.15, -0.1) is 17.5 Å². The molecule has 0 saturated carbocycles. The van der Waals surface area contributed by atoms with Crippen molar-refractivity contribution in [2.75, 3.05) is 18.4 Å². The van der Waals surface area contributed by atoms with Gasteiger partial charge in [0, 0.05) is 5.69 Å². The second kappa shape index (κ2) is 8.50. The fourth-order valence-electron chi connectivity index (χ4n) is 2.82. The van der Waals surface area contributed by atoms with E-state index in [0.717, 1.165) is 25.9 Å². The fourth-order valence-corrected chi connectivity index (χ4v) is 2.82. The third-order valence-corrected chi connectivity index (χ3v) is 4.02. The summed E-state index contributed by atoms with van der Waals surface area (Å²) in [5.41, 5.74) is 0.520. The third-order valence-electron chi connectivity index (χ3n) is 4.02. The van der Waals surface area contributed by atoms with E-state index in [-0.39, 0.29) is 29.7 Å². The Hall–Kier alpha value is -2.13. The molecule has 1 aromatic heterocycles. The molecule has 2 heterocycles. The summed E-state index contributed by atoms with van der Waals surface area (Å²) in [6.07, 6.45) is -1.94. The van der Waals surface area contributed by atoms with Crippen LogP contribution in [-0.2, 0) is 6.42 Å². The second-order valence-electron chi connectivity index (χ2n) is 6.01. The van der Waals surface area contributed by atoms with Gasteiger partial charge in [0.25, 0.3) is 5.91 Å². The number of anilines is 1. The molecule has 1 saturated heterocycles. The van der Waals surface area contributed by atoms with Gasteiger partial charge in [0.1, 0.15) is 0 Å². The van der Waals surface area contributed by atoms with Gasteiger partial charge in [-0.2, -0.15) is 13.2 Å². The number of nitrogens with one attached hydrogen (secondary N) is 2. The minimum absolute atomic E-state index is 0. The number of amides is 1. The molecule has 1 fully saturated rings. The highest BCUT2D eigenvalue weighted by molar-refractivity contribution is 6.02. The molecule has 0 unspecified atom stereocenters. The molecule has 0 spiro atoms. The zero-order valence-electron chi connectivity index (χ0n) is 13.8. The van der Waals surface area contributed by atoms with Gasteiger partial charge < -0.3 is 10.6 Å². The van der Waals surface area contributed by atoms with Gasteiger partial charge in [-0.3, -0.25) is 4.79 Å². The first-order valence-corrected chi connectivity index (χ1v) is 8.00. The van der Waals surface area contributed by atoms with E-state index >= 15 is 0 Å². The Kier molecular flexibility index (Phi) is 6.60. The van der Waals surface area contributed by atoms with Crippen molar-refractivity contribution in [1.29, 1.82) is 0 Å². The van der Waals surface area contributed by atoms with E-state index < -0.39 is 18.5 Å². The average molecular weight is 390 g/mol. The summed E-state index contributed by atoms with van der Waals surface area (Å²) >= 11 is 0. The summed E-state index contributed by atoms with van der Waals surface area (Å²) < 4.78 is 39.1. The van der Waals surface area contributed by atoms with Crippen molar-refractivity contribution in [3.05, 3.63) is 41.7 Å². The fraction of sp³-hybridized carbons (Fsp3) is 0.438. The van der Waals surface area contributed by atoms with Crippen LogP contribution in [0, 0.1) is 0 Å². The number of benzene rings is 1. The molecule has 142 valence electrons. The van der Waals surface area contributed by atoms with Gasteiger partial charge >= 0.3 is 6.18 Å². The Morgan fingerprint density at radius 3 is 2.73 bits per heavy atom. The summed E-state index contributed by atoms with van der Waals surface area (Å²) in [5, 5.41) is 13.7. The molecule has 2 N–H and O–H groups in total. The molecule has 0 aliphatic carbocycles. The molecule has 6 nitrogen and oxygen atoms in total. The predicted octanol–water partition coefficient (Wildman–Crippen LogP) is 2.98. The Bertz CT molecular complexity index is 743. The van der Waals surface area contributed by atoms with Crippen molar-refractivity contribution in [2.24, 2.45) is 0 Å². The zero-order chi connectivity index (χ0) is 17.9. The van der Waals surface area contributed by atoms with Gasteiger partial charge in [0.2, 0.25) is 0 Å². The maximum absolute atomic E-state index is 12.5. The van der Waals surface area contributed by atoms with Crippen LogP contribution in [0.1, 0.15) is 34.9 Å². The van der Waals surface area contributed by atoms with Crippen molar-refractivity contribution in [2.45, 2.75) is 31.5 Å². The van der Waals surface area contributed by atoms with Crippen LogP contribution < -0.4 is 10.6 Å². The van der Waals surface area contributed by atoms with E-state index in [1.54, 1.807) is 10.9 Å². The molecule has 1 aliphatic heterocycles. The number of aromatic nitrogens is 3. The number of carbonyl (C=O) groups excluding carboxylic acids is 1. The van der Waals surface area contributed by atoms with Crippen LogP contribution in [0.4, 0.5) is 18.9 Å². The number of rotatable bonds is 4. The Morgan fingerprint density at radius 2 is 2.04 bits per heavy atom. The third kappa shape index (κ3) is 5.43. The van der Waals surface area contributed by atoms with Gasteiger partial charge in [-0.05, 0) is 43.6 Å². The number of halogens is 4. The number of carbonyl (C=O) groups is 1. The normalized spacial score (nSPS) is 15.3. The van der Waals surface area contributed by atoms with Crippen LogP contribution in [0.2, 0.25) is 0 Å². The maximum atomic E-state index is 12.5. The number of nitrogens with zero attached hydrogens (tertiary/aromatic N) is 3. The maximum Gasteiger partial charge on any atom is 0.393 e. The monoisotopic (exact) mass is 389 g/mol. The first-order valence-electron chi connectivity index (χ1n) is 8.00. The highest BCUT2D eigenvalue weighted by Gasteiger charge is 2.27. The summed E-state index contributed by atoms with van der Waals surface area (Å²) in [5.74, 6) is -0.496. The molecule has 2 aromatic rings. The first-order chi connectivity index (χ1) is 11.9. The second-order valence-corrected chi connectivity index (χ2v) is 6.01. The topological polar surface area (TPSA) is 71.8 Å². The number of alkyl halides is 3. The van der Waals surface area contributed by atoms with Crippen LogP contribution >= 0.6 is 12.4 Å². The van der Waals surface area contributed by atoms with E-state index in [1.165, 1.54) is 24.3 Å². The average Bonchev–Trinajstić information content (AvgIpc) is 3.04. The first kappa shape index (κ1) is 20.2. The molecule has 1 amide bonds. The van der Waals surface area contributed by atoms with E-state index in [1.807, 2.05) is 0 Å². The SMILES string of the molecule is Cl.O=C(Nc1cccc(CC(F)(F)F)c1)c1cn(C2CCNCC2)nn1. The Morgan fingerprint density at radius 1 is 1.31 bits per heavy atom. The largest absolute Gasteiger partial charge is 0.393 e. The number of piperidine rings is 1. The van der Waals surface area contributed by atoms with Crippen LogP contribution in [0.25, 0.3) is 0 Å². The summed E-state index contributed by atoms with van der Waals surface area (Å²) in [6.45, 7) is 1.77. The minimum atomic E-state index is -4.29.